The van der Waals surface area contributed by atoms with Crippen molar-refractivity contribution in [3.8, 4) is 0 Å². The van der Waals surface area contributed by atoms with Gasteiger partial charge in [-0.2, -0.15) is 0 Å². The molecule has 2 amide bonds. The van der Waals surface area contributed by atoms with Crippen LogP contribution in [0.4, 0.5) is 4.79 Å². The molecular weight excluding hydrogens is 656 g/mol. The van der Waals surface area contributed by atoms with Gasteiger partial charge in [-0.25, -0.2) is 4.79 Å². The van der Waals surface area contributed by atoms with Crippen LogP contribution in [0.5, 0.6) is 0 Å². The number of alkyl carbamates (subject to hydrolysis) is 1. The number of nitrogens with one attached hydrogen (secondary N) is 1. The summed E-state index contributed by atoms with van der Waals surface area (Å²) in [4.78, 5) is 27.9. The molecule has 52 heavy (non-hydrogen) atoms. The zero-order valence-electron chi connectivity index (χ0n) is 32.1. The summed E-state index contributed by atoms with van der Waals surface area (Å²) in [6.07, 6.45) is 16.7. The minimum Gasteiger partial charge on any atom is -0.445 e. The van der Waals surface area contributed by atoms with Crippen LogP contribution in [0.1, 0.15) is 134 Å². The molecule has 9 nitrogen and oxygen atoms in total. The molecule has 292 valence electrons. The molecule has 0 unspecified atom stereocenters. The normalized spacial score (nSPS) is 20.0. The molecule has 0 saturated carbocycles. The summed E-state index contributed by atoms with van der Waals surface area (Å²) in [6, 6.07) is 18.5. The Bertz CT molecular complexity index is 1200. The number of benzene rings is 2. The van der Waals surface area contributed by atoms with E-state index < -0.39 is 36.7 Å². The summed E-state index contributed by atoms with van der Waals surface area (Å²) < 4.78 is 16.9. The largest absolute Gasteiger partial charge is 0.445 e. The van der Waals surface area contributed by atoms with Gasteiger partial charge >= 0.3 is 6.09 Å². The summed E-state index contributed by atoms with van der Waals surface area (Å²) in [6.45, 7) is 2.96. The highest BCUT2D eigenvalue weighted by Gasteiger charge is 2.46. The first-order valence-electron chi connectivity index (χ1n) is 20.3. The lowest BCUT2D eigenvalue weighted by molar-refractivity contribution is -0.258. The highest BCUT2D eigenvalue weighted by Crippen LogP contribution is 2.24. The number of nitrogens with zero attached hydrogens (tertiary/aromatic N) is 1. The fraction of sp³-hybridized carbons (Fsp3) is 0.674. The maximum Gasteiger partial charge on any atom is 0.407 e. The topological polar surface area (TPSA) is 118 Å². The van der Waals surface area contributed by atoms with E-state index in [4.69, 9.17) is 14.2 Å². The quantitative estimate of drug-likeness (QED) is 0.0792. The molecule has 0 bridgehead atoms. The Kier molecular flexibility index (Phi) is 22.3. The summed E-state index contributed by atoms with van der Waals surface area (Å²) in [7, 11) is 1.42. The van der Waals surface area contributed by atoms with Crippen LogP contribution in [0, 0.1) is 0 Å². The lowest BCUT2D eigenvalue weighted by atomic mass is 9.96. The molecule has 0 aliphatic carbocycles. The van der Waals surface area contributed by atoms with E-state index in [0.717, 1.165) is 44.1 Å². The number of hydrogen-bond donors (Lipinski definition) is 3. The predicted octanol–water partition coefficient (Wildman–Crippen LogP) is 8.49. The minimum atomic E-state index is -1.39. The number of carbonyl (C=O) groups excluding carboxylic acids is 2. The smallest absolute Gasteiger partial charge is 0.407 e. The fourth-order valence-corrected chi connectivity index (χ4v) is 6.96. The second-order valence-corrected chi connectivity index (χ2v) is 14.5. The zero-order chi connectivity index (χ0) is 37.2. The number of aryl methyl sites for hydroxylation is 1. The minimum absolute atomic E-state index is 0.0263. The van der Waals surface area contributed by atoms with Gasteiger partial charge in [0.05, 0.1) is 0 Å². The highest BCUT2D eigenvalue weighted by molar-refractivity contribution is 5.76. The van der Waals surface area contributed by atoms with E-state index in [-0.39, 0.29) is 19.1 Å². The Hall–Kier alpha value is -2.98. The highest BCUT2D eigenvalue weighted by atomic mass is 16.7. The van der Waals surface area contributed by atoms with Crippen LogP contribution >= 0.6 is 0 Å². The molecule has 2 aromatic carbocycles. The second-order valence-electron chi connectivity index (χ2n) is 14.5. The van der Waals surface area contributed by atoms with Crippen molar-refractivity contribution >= 4 is 12.0 Å². The first kappa shape index (κ1) is 43.4. The summed E-state index contributed by atoms with van der Waals surface area (Å²) >= 11 is 0. The SMILES string of the molecule is CCCCCCCCCCCCCCCCCC(=O)N(CCCCc1ccccc1)C[C@H]1O[C@H](OC)[C@@H](NC(=O)OCc2ccccc2)[C@@H](O)[C@@H]1O. The Balaban J connectivity index is 1.43. The van der Waals surface area contributed by atoms with Gasteiger partial charge in [0.15, 0.2) is 6.29 Å². The van der Waals surface area contributed by atoms with Gasteiger partial charge < -0.3 is 34.6 Å². The molecule has 5 atom stereocenters. The number of aliphatic hydroxyl groups is 2. The average molecular weight is 725 g/mol. The van der Waals surface area contributed by atoms with E-state index in [9.17, 15) is 19.8 Å². The Morgan fingerprint density at radius 1 is 0.712 bits per heavy atom. The third kappa shape index (κ3) is 17.2. The van der Waals surface area contributed by atoms with Gasteiger partial charge in [0.1, 0.15) is 31.0 Å². The van der Waals surface area contributed by atoms with E-state index in [2.05, 4.69) is 24.4 Å². The molecule has 1 saturated heterocycles. The number of aliphatic hydroxyl groups excluding tert-OH is 2. The molecule has 2 aromatic rings. The third-order valence-electron chi connectivity index (χ3n) is 10.2. The van der Waals surface area contributed by atoms with E-state index in [1.807, 2.05) is 48.5 Å². The molecule has 0 aromatic heterocycles. The maximum atomic E-state index is 13.6. The van der Waals surface area contributed by atoms with Gasteiger partial charge in [0, 0.05) is 26.6 Å². The molecule has 3 rings (SSSR count). The van der Waals surface area contributed by atoms with Crippen LogP contribution < -0.4 is 5.32 Å². The van der Waals surface area contributed by atoms with E-state index in [0.29, 0.717) is 13.0 Å². The number of amides is 2. The van der Waals surface area contributed by atoms with Gasteiger partial charge in [-0.3, -0.25) is 4.79 Å². The van der Waals surface area contributed by atoms with Gasteiger partial charge in [-0.05, 0) is 36.8 Å². The van der Waals surface area contributed by atoms with Gasteiger partial charge in [-0.1, -0.05) is 157 Å². The van der Waals surface area contributed by atoms with Crippen LogP contribution in [0.15, 0.2) is 60.7 Å². The number of rotatable bonds is 27. The number of carbonyl (C=O) groups is 2. The summed E-state index contributed by atoms with van der Waals surface area (Å²) in [5.41, 5.74) is 2.08. The third-order valence-corrected chi connectivity index (χ3v) is 10.2. The Morgan fingerprint density at radius 2 is 1.25 bits per heavy atom. The zero-order valence-corrected chi connectivity index (χ0v) is 32.1. The molecule has 1 heterocycles. The second kappa shape index (κ2) is 26.7. The lowest BCUT2D eigenvalue weighted by Gasteiger charge is -2.43. The number of methoxy groups -OCH3 is 1. The molecule has 9 heteroatoms. The molecular formula is C43H68N2O7. The van der Waals surface area contributed by atoms with E-state index in [1.165, 1.54) is 89.7 Å². The number of unbranched alkanes of at least 4 members (excludes halogenated alkanes) is 15. The van der Waals surface area contributed by atoms with E-state index >= 15 is 0 Å². The van der Waals surface area contributed by atoms with Crippen molar-refractivity contribution in [1.29, 1.82) is 0 Å². The monoisotopic (exact) mass is 725 g/mol. The Labute approximate surface area is 313 Å². The van der Waals surface area contributed by atoms with Crippen molar-refractivity contribution in [3.63, 3.8) is 0 Å². The van der Waals surface area contributed by atoms with Gasteiger partial charge in [0.25, 0.3) is 0 Å². The average Bonchev–Trinajstić information content (AvgIpc) is 3.17. The molecule has 0 radical (unpaired) electrons. The molecule has 1 fully saturated rings. The van der Waals surface area contributed by atoms with Crippen molar-refractivity contribution in [2.24, 2.45) is 0 Å². The number of hydrogen-bond acceptors (Lipinski definition) is 7. The summed E-state index contributed by atoms with van der Waals surface area (Å²) in [5, 5.41) is 24.8. The van der Waals surface area contributed by atoms with Crippen LogP contribution in [-0.4, -0.2) is 78.0 Å². The molecule has 3 N–H and O–H groups in total. The van der Waals surface area contributed by atoms with Crippen molar-refractivity contribution in [2.75, 3.05) is 20.2 Å². The predicted molar refractivity (Wildman–Crippen MR) is 207 cm³/mol. The van der Waals surface area contributed by atoms with Gasteiger partial charge in [0.2, 0.25) is 5.91 Å². The van der Waals surface area contributed by atoms with E-state index in [1.54, 1.807) is 4.90 Å². The molecule has 1 aliphatic rings. The summed E-state index contributed by atoms with van der Waals surface area (Å²) in [5.74, 6) is 0.0263. The van der Waals surface area contributed by atoms with Crippen molar-refractivity contribution in [2.45, 2.75) is 166 Å². The van der Waals surface area contributed by atoms with Crippen LogP contribution in [-0.2, 0) is 32.0 Å². The van der Waals surface area contributed by atoms with Gasteiger partial charge in [-0.15, -0.1) is 0 Å². The van der Waals surface area contributed by atoms with Crippen molar-refractivity contribution in [1.82, 2.24) is 10.2 Å². The van der Waals surface area contributed by atoms with Crippen LogP contribution in [0.3, 0.4) is 0 Å². The molecule has 1 aliphatic heterocycles. The number of ether oxygens (including phenoxy) is 3. The fourth-order valence-electron chi connectivity index (χ4n) is 6.96. The first-order valence-corrected chi connectivity index (χ1v) is 20.3. The lowest BCUT2D eigenvalue weighted by Crippen LogP contribution is -2.65. The Morgan fingerprint density at radius 3 is 1.81 bits per heavy atom. The maximum absolute atomic E-state index is 13.6. The van der Waals surface area contributed by atoms with Crippen LogP contribution in [0.25, 0.3) is 0 Å². The van der Waals surface area contributed by atoms with Crippen molar-refractivity contribution < 1.29 is 34.0 Å². The first-order chi connectivity index (χ1) is 25.4. The van der Waals surface area contributed by atoms with Crippen molar-refractivity contribution in [3.05, 3.63) is 71.8 Å². The molecule has 0 spiro atoms. The standard InChI is InChI=1S/C43H68N2O7/c1-3-4-5-6-7-8-9-10-11-12-13-14-15-16-23-31-38(46)45(32-25-24-28-35-26-19-17-20-27-35)33-37-40(47)41(48)39(42(50-2)52-37)44-43(49)51-34-36-29-21-18-22-30-36/h17-22,26-27,29-30,37,39-42,47-48H,3-16,23-25,28,31-34H2,1-2H3,(H,44,49)/t37-,39+,40-,41-,42+/m1/s1. The van der Waals surface area contributed by atoms with Crippen LogP contribution in [0.2, 0.25) is 0 Å².